The van der Waals surface area contributed by atoms with Gasteiger partial charge in [0.15, 0.2) is 11.6 Å². The van der Waals surface area contributed by atoms with Crippen molar-refractivity contribution in [2.45, 2.75) is 6.92 Å². The molecule has 0 aliphatic carbocycles. The summed E-state index contributed by atoms with van der Waals surface area (Å²) in [6, 6.07) is 39.6. The standard InChI is InChI=1S/C26H19N9O3.C21H17N9O3/c36-25-19-10-9-17(12-22(19)32-34-25)27-26-28-20(16-7-4-8-18(11-16)35(37)38)13-23(30-26)29-24-14-21(31-33-24)15-5-2-1-3-6-15;1-11-7-19(28-26-11)24-18-10-16(12-3-2-4-14(8-12)30(32)33)23-21(25-18)22-13-5-6-15-17(9-13)27-29-20(15)31/h1-14H,(H2,32,34,36)(H3,27,28,29,30,31,33);2-10H,1H3,(H2,27,29,31)(H3,22,23,24,25,26,28). The third-order valence-corrected chi connectivity index (χ3v) is 10.7. The van der Waals surface area contributed by atoms with Gasteiger partial charge in [-0.2, -0.15) is 20.2 Å². The van der Waals surface area contributed by atoms with Crippen LogP contribution in [0.5, 0.6) is 0 Å². The number of aromatic amines is 6. The molecule has 0 unspecified atom stereocenters. The molecular weight excluding hydrogens is 913 g/mol. The number of non-ortho nitro benzene ring substituents is 2. The van der Waals surface area contributed by atoms with Crippen molar-refractivity contribution in [2.75, 3.05) is 21.3 Å². The summed E-state index contributed by atoms with van der Waals surface area (Å²) in [7, 11) is 0. The fourth-order valence-corrected chi connectivity index (χ4v) is 7.37. The highest BCUT2D eigenvalue weighted by Gasteiger charge is 2.16. The number of nitro groups is 2. The number of rotatable bonds is 13. The van der Waals surface area contributed by atoms with E-state index in [9.17, 15) is 29.8 Å². The number of anilines is 8. The summed E-state index contributed by atoms with van der Waals surface area (Å²) in [5.74, 6) is 2.46. The zero-order chi connectivity index (χ0) is 49.0. The van der Waals surface area contributed by atoms with Crippen molar-refractivity contribution in [3.8, 4) is 33.8 Å². The highest BCUT2D eigenvalue weighted by molar-refractivity contribution is 5.84. The van der Waals surface area contributed by atoms with E-state index in [0.29, 0.717) is 79.0 Å². The van der Waals surface area contributed by atoms with Gasteiger partial charge in [0.25, 0.3) is 22.5 Å². The van der Waals surface area contributed by atoms with Gasteiger partial charge in [0, 0.05) is 76.7 Å². The van der Waals surface area contributed by atoms with Crippen LogP contribution in [0, 0.1) is 27.2 Å². The number of hydrogen-bond acceptors (Lipinski definition) is 16. The van der Waals surface area contributed by atoms with Crippen LogP contribution in [0.15, 0.2) is 149 Å². The van der Waals surface area contributed by atoms with E-state index in [4.69, 9.17) is 0 Å². The first-order valence-corrected chi connectivity index (χ1v) is 21.4. The Morgan fingerprint density at radius 2 is 0.958 bits per heavy atom. The molecule has 0 radical (unpaired) electrons. The minimum Gasteiger partial charge on any atom is -0.324 e. The number of H-pyrrole nitrogens is 6. The van der Waals surface area contributed by atoms with Gasteiger partial charge in [-0.25, -0.2) is 9.97 Å². The van der Waals surface area contributed by atoms with E-state index in [1.807, 2.05) is 49.4 Å². The average Bonchev–Trinajstić information content (AvgIpc) is 4.19. The number of aromatic nitrogens is 12. The lowest BCUT2D eigenvalue weighted by molar-refractivity contribution is -0.385. The van der Waals surface area contributed by atoms with Crippen molar-refractivity contribution in [2.24, 2.45) is 0 Å². The predicted octanol–water partition coefficient (Wildman–Crippen LogP) is 8.84. The van der Waals surface area contributed by atoms with E-state index >= 15 is 0 Å². The van der Waals surface area contributed by atoms with Crippen molar-refractivity contribution in [1.29, 1.82) is 0 Å². The third-order valence-electron chi connectivity index (χ3n) is 10.7. The number of nitrogens with zero attached hydrogens (tertiary/aromatic N) is 8. The van der Waals surface area contributed by atoms with E-state index < -0.39 is 9.85 Å². The molecule has 24 nitrogen and oxygen atoms in total. The van der Waals surface area contributed by atoms with Crippen molar-refractivity contribution < 1.29 is 9.85 Å². The first-order valence-electron chi connectivity index (χ1n) is 21.4. The Bertz CT molecular complexity index is 3890. The quantitative estimate of drug-likeness (QED) is 0.0381. The first kappa shape index (κ1) is 44.1. The molecule has 350 valence electrons. The lowest BCUT2D eigenvalue weighted by Crippen LogP contribution is -2.03. The number of fused-ring (bicyclic) bond motifs is 2. The molecule has 6 aromatic heterocycles. The molecule has 71 heavy (non-hydrogen) atoms. The zero-order valence-electron chi connectivity index (χ0n) is 36.8. The normalized spacial score (nSPS) is 10.9. The molecule has 6 heterocycles. The van der Waals surface area contributed by atoms with Gasteiger partial charge in [-0.1, -0.05) is 54.6 Å². The molecule has 0 saturated heterocycles. The molecule has 0 aliphatic heterocycles. The fourth-order valence-electron chi connectivity index (χ4n) is 7.37. The molecule has 0 bridgehead atoms. The fraction of sp³-hybridized carbons (Fsp3) is 0.0213. The van der Waals surface area contributed by atoms with Gasteiger partial charge in [-0.15, -0.1) is 0 Å². The lowest BCUT2D eigenvalue weighted by atomic mass is 10.1. The highest BCUT2D eigenvalue weighted by atomic mass is 16.6. The topological polar surface area (TPSA) is 341 Å². The van der Waals surface area contributed by atoms with E-state index in [0.717, 1.165) is 17.0 Å². The Balaban J connectivity index is 0.000000166. The maximum Gasteiger partial charge on any atom is 0.271 e. The molecule has 0 saturated carbocycles. The number of hydrogen-bond donors (Lipinski definition) is 10. The van der Waals surface area contributed by atoms with E-state index in [1.54, 1.807) is 72.8 Å². The summed E-state index contributed by atoms with van der Waals surface area (Å²) in [4.78, 5) is 63.4. The van der Waals surface area contributed by atoms with Crippen molar-refractivity contribution in [3.05, 3.63) is 186 Å². The van der Waals surface area contributed by atoms with Crippen LogP contribution < -0.4 is 32.4 Å². The van der Waals surface area contributed by atoms with Gasteiger partial charge in [0.1, 0.15) is 11.6 Å². The predicted molar refractivity (Wildman–Crippen MR) is 267 cm³/mol. The third kappa shape index (κ3) is 10.0. The van der Waals surface area contributed by atoms with Crippen molar-refractivity contribution in [3.63, 3.8) is 0 Å². The minimum absolute atomic E-state index is 0.0417. The second-order valence-electron chi connectivity index (χ2n) is 15.7. The SMILES string of the molecule is Cc1cc(Nc2cc(-c3cccc([N+](=O)[O-])c3)nc(Nc3ccc4c(=O)[nH][nH]c4c3)n2)n[nH]1.O=c1[nH][nH]c2cc(Nc3nc(Nc4cc(-c5ccccc5)[nH]n4)cc(-c4cccc([N+](=O)[O-])c4)n3)ccc12. The second kappa shape index (κ2) is 18.8. The first-order chi connectivity index (χ1) is 34.5. The minimum atomic E-state index is -0.456. The lowest BCUT2D eigenvalue weighted by Gasteiger charge is -2.11. The number of nitro benzene ring substituents is 2. The van der Waals surface area contributed by atoms with Crippen LogP contribution in [0.1, 0.15) is 5.69 Å². The summed E-state index contributed by atoms with van der Waals surface area (Å²) in [5.41, 5.74) is 6.75. The molecular formula is C47H36N18O6. The molecule has 5 aromatic carbocycles. The van der Waals surface area contributed by atoms with Crippen LogP contribution >= 0.6 is 0 Å². The smallest absolute Gasteiger partial charge is 0.271 e. The average molecular weight is 949 g/mol. The molecule has 11 rings (SSSR count). The van der Waals surface area contributed by atoms with Crippen LogP contribution in [-0.2, 0) is 0 Å². The number of nitrogens with one attached hydrogen (secondary N) is 10. The van der Waals surface area contributed by atoms with Gasteiger partial charge in [0.2, 0.25) is 11.9 Å². The maximum atomic E-state index is 11.8. The van der Waals surface area contributed by atoms with Gasteiger partial charge in [-0.3, -0.25) is 60.4 Å². The van der Waals surface area contributed by atoms with Crippen LogP contribution in [0.2, 0.25) is 0 Å². The van der Waals surface area contributed by atoms with E-state index in [-0.39, 0.29) is 34.4 Å². The van der Waals surface area contributed by atoms with Crippen LogP contribution in [0.4, 0.5) is 57.9 Å². The molecule has 0 aliphatic rings. The van der Waals surface area contributed by atoms with Crippen molar-refractivity contribution in [1.82, 2.24) is 60.7 Å². The summed E-state index contributed by atoms with van der Waals surface area (Å²) in [5, 5.41) is 61.2. The van der Waals surface area contributed by atoms with Gasteiger partial charge >= 0.3 is 0 Å². The largest absolute Gasteiger partial charge is 0.324 e. The summed E-state index contributed by atoms with van der Waals surface area (Å²) >= 11 is 0. The zero-order valence-corrected chi connectivity index (χ0v) is 36.8. The second-order valence-corrected chi connectivity index (χ2v) is 15.7. The summed E-state index contributed by atoms with van der Waals surface area (Å²) in [6.45, 7) is 1.88. The van der Waals surface area contributed by atoms with Gasteiger partial charge < -0.3 is 21.3 Å². The summed E-state index contributed by atoms with van der Waals surface area (Å²) in [6.07, 6.45) is 0. The highest BCUT2D eigenvalue weighted by Crippen LogP contribution is 2.30. The molecule has 24 heteroatoms. The molecule has 10 N–H and O–H groups in total. The monoisotopic (exact) mass is 948 g/mol. The molecule has 0 amide bonds. The van der Waals surface area contributed by atoms with E-state index in [2.05, 4.69) is 82.0 Å². The van der Waals surface area contributed by atoms with E-state index in [1.165, 1.54) is 24.3 Å². The Labute approximate surface area is 397 Å². The molecule has 0 spiro atoms. The van der Waals surface area contributed by atoms with Crippen LogP contribution in [0.25, 0.3) is 55.6 Å². The van der Waals surface area contributed by atoms with Crippen LogP contribution in [0.3, 0.4) is 0 Å². The Morgan fingerprint density at radius 3 is 1.45 bits per heavy atom. The van der Waals surface area contributed by atoms with Gasteiger partial charge in [-0.05, 0) is 48.9 Å². The molecule has 11 aromatic rings. The van der Waals surface area contributed by atoms with Crippen LogP contribution in [-0.4, -0.2) is 70.6 Å². The number of aryl methyl sites for hydroxylation is 1. The molecule has 0 fully saturated rings. The number of benzene rings is 5. The summed E-state index contributed by atoms with van der Waals surface area (Å²) < 4.78 is 0. The van der Waals surface area contributed by atoms with Crippen molar-refractivity contribution >= 4 is 79.7 Å². The Morgan fingerprint density at radius 1 is 0.465 bits per heavy atom. The maximum absolute atomic E-state index is 11.8. The molecule has 0 atom stereocenters. The van der Waals surface area contributed by atoms with Gasteiger partial charge in [0.05, 0.1) is 48.7 Å². The Hall–Kier alpha value is -10.8. The Kier molecular flexibility index (Phi) is 11.7.